The molecule has 0 spiro atoms. The van der Waals surface area contributed by atoms with Crippen LogP contribution < -0.4 is 0 Å². The van der Waals surface area contributed by atoms with Crippen LogP contribution in [0.1, 0.15) is 5.56 Å². The first-order chi connectivity index (χ1) is 5.77. The summed E-state index contributed by atoms with van der Waals surface area (Å²) in [4.78, 5) is 0. The molecule has 65 valence electrons. The van der Waals surface area contributed by atoms with Gasteiger partial charge < -0.3 is 5.11 Å². The molecule has 13 heavy (non-hydrogen) atoms. The van der Waals surface area contributed by atoms with Gasteiger partial charge in [0.2, 0.25) is 0 Å². The third kappa shape index (κ3) is 1.88. The van der Waals surface area contributed by atoms with Crippen molar-refractivity contribution < 1.29 is 23.7 Å². The van der Waals surface area contributed by atoms with E-state index in [1.54, 1.807) is 6.07 Å². The number of fused-ring (bicyclic) bond motifs is 1. The molecular weight excluding hydrogens is 199 g/mol. The first-order valence-corrected chi connectivity index (χ1v) is 3.96. The van der Waals surface area contributed by atoms with Crippen LogP contribution in [0.4, 0.5) is 0 Å². The Hall–Kier alpha value is -0.916. The second-order valence-electron chi connectivity index (χ2n) is 2.99. The number of aryl methyl sites for hydroxylation is 1. The Kier molecular flexibility index (Phi) is 3.02. The molecule has 0 aliphatic carbocycles. The van der Waals surface area contributed by atoms with E-state index >= 15 is 0 Å². The molecule has 0 heterocycles. The molecule has 0 unspecified atom stereocenters. The van der Waals surface area contributed by atoms with Crippen LogP contribution in [0.3, 0.4) is 0 Å². The molecule has 1 radical (unpaired) electrons. The van der Waals surface area contributed by atoms with Crippen LogP contribution in [0.15, 0.2) is 36.4 Å². The number of rotatable bonds is 0. The number of benzene rings is 2. The second kappa shape index (κ2) is 3.86. The van der Waals surface area contributed by atoms with Crippen molar-refractivity contribution in [3.8, 4) is 5.75 Å². The van der Waals surface area contributed by atoms with Crippen molar-refractivity contribution in [1.29, 1.82) is 0 Å². The molecular formula is C11H10OV. The second-order valence-corrected chi connectivity index (χ2v) is 2.99. The van der Waals surface area contributed by atoms with Crippen molar-refractivity contribution in [1.82, 2.24) is 0 Å². The molecule has 2 aromatic carbocycles. The van der Waals surface area contributed by atoms with Gasteiger partial charge in [-0.1, -0.05) is 24.3 Å². The minimum absolute atomic E-state index is 0. The van der Waals surface area contributed by atoms with Gasteiger partial charge in [0.15, 0.2) is 0 Å². The average Bonchev–Trinajstić information content (AvgIpc) is 2.07. The zero-order chi connectivity index (χ0) is 8.55. The number of hydrogen-bond donors (Lipinski definition) is 1. The molecule has 0 bridgehead atoms. The molecule has 0 aliphatic heterocycles. The molecule has 0 atom stereocenters. The third-order valence-electron chi connectivity index (χ3n) is 2.06. The monoisotopic (exact) mass is 209 g/mol. The zero-order valence-electron chi connectivity index (χ0n) is 7.36. The molecule has 1 N–H and O–H groups in total. The van der Waals surface area contributed by atoms with Gasteiger partial charge >= 0.3 is 0 Å². The Morgan fingerprint density at radius 3 is 2.15 bits per heavy atom. The van der Waals surface area contributed by atoms with Gasteiger partial charge in [-0.2, -0.15) is 0 Å². The summed E-state index contributed by atoms with van der Waals surface area (Å²) in [5, 5.41) is 11.7. The molecule has 0 saturated heterocycles. The van der Waals surface area contributed by atoms with Crippen molar-refractivity contribution in [2.75, 3.05) is 0 Å². The molecule has 1 nitrogen and oxygen atoms in total. The molecule has 2 rings (SSSR count). The van der Waals surface area contributed by atoms with Gasteiger partial charge in [-0.3, -0.25) is 0 Å². The molecule has 0 aromatic heterocycles. The number of hydrogen-bond acceptors (Lipinski definition) is 1. The van der Waals surface area contributed by atoms with E-state index in [9.17, 15) is 5.11 Å². The fourth-order valence-electron chi connectivity index (χ4n) is 1.34. The summed E-state index contributed by atoms with van der Waals surface area (Å²) in [6.45, 7) is 1.90. The number of phenols is 1. The van der Waals surface area contributed by atoms with Gasteiger partial charge in [0.25, 0.3) is 0 Å². The van der Waals surface area contributed by atoms with Crippen molar-refractivity contribution in [3.05, 3.63) is 42.0 Å². The van der Waals surface area contributed by atoms with Crippen molar-refractivity contribution in [2.24, 2.45) is 0 Å². The van der Waals surface area contributed by atoms with E-state index in [2.05, 4.69) is 0 Å². The van der Waals surface area contributed by atoms with Crippen LogP contribution >= 0.6 is 0 Å². The van der Waals surface area contributed by atoms with Crippen LogP contribution in [0.2, 0.25) is 0 Å². The summed E-state index contributed by atoms with van der Waals surface area (Å²) < 4.78 is 0. The predicted molar refractivity (Wildman–Crippen MR) is 50.3 cm³/mol. The van der Waals surface area contributed by atoms with Gasteiger partial charge in [0.1, 0.15) is 5.75 Å². The Morgan fingerprint density at radius 1 is 1.00 bits per heavy atom. The third-order valence-corrected chi connectivity index (χ3v) is 2.06. The van der Waals surface area contributed by atoms with Gasteiger partial charge in [-0.25, -0.2) is 0 Å². The van der Waals surface area contributed by atoms with E-state index in [-0.39, 0.29) is 18.6 Å². The van der Waals surface area contributed by atoms with Gasteiger partial charge in [0, 0.05) is 18.6 Å². The summed E-state index contributed by atoms with van der Waals surface area (Å²) in [5.41, 5.74) is 0.925. The maximum Gasteiger partial charge on any atom is 0.119 e. The van der Waals surface area contributed by atoms with Crippen LogP contribution in [0.5, 0.6) is 5.75 Å². The first kappa shape index (κ1) is 10.2. The van der Waals surface area contributed by atoms with Crippen molar-refractivity contribution in [3.63, 3.8) is 0 Å². The topological polar surface area (TPSA) is 20.2 Å². The fourth-order valence-corrected chi connectivity index (χ4v) is 1.34. The van der Waals surface area contributed by atoms with Crippen LogP contribution in [0, 0.1) is 6.92 Å². The van der Waals surface area contributed by atoms with Crippen molar-refractivity contribution >= 4 is 10.8 Å². The smallest absolute Gasteiger partial charge is 0.119 e. The minimum atomic E-state index is 0. The van der Waals surface area contributed by atoms with E-state index in [0.717, 1.165) is 10.9 Å². The fraction of sp³-hybridized carbons (Fsp3) is 0.0909. The summed E-state index contributed by atoms with van der Waals surface area (Å²) in [6, 6.07) is 11.8. The summed E-state index contributed by atoms with van der Waals surface area (Å²) in [7, 11) is 0. The van der Waals surface area contributed by atoms with E-state index in [4.69, 9.17) is 0 Å². The van der Waals surface area contributed by atoms with E-state index in [1.807, 2.05) is 37.3 Å². The normalized spacial score (nSPS) is 9.62. The summed E-state index contributed by atoms with van der Waals surface area (Å²) in [6.07, 6.45) is 0. The van der Waals surface area contributed by atoms with E-state index in [0.29, 0.717) is 5.75 Å². The largest absolute Gasteiger partial charge is 0.508 e. The van der Waals surface area contributed by atoms with Crippen LogP contribution in [0.25, 0.3) is 10.8 Å². The summed E-state index contributed by atoms with van der Waals surface area (Å²) in [5.74, 6) is 0.369. The SMILES string of the molecule is Cc1cc2ccccc2cc1O.[V]. The zero-order valence-corrected chi connectivity index (χ0v) is 8.76. The quantitative estimate of drug-likeness (QED) is 0.707. The average molecular weight is 209 g/mol. The van der Waals surface area contributed by atoms with Crippen LogP contribution in [-0.2, 0) is 18.6 Å². The van der Waals surface area contributed by atoms with E-state index < -0.39 is 0 Å². The molecule has 2 heteroatoms. The van der Waals surface area contributed by atoms with Crippen LogP contribution in [-0.4, -0.2) is 5.11 Å². The maximum absolute atomic E-state index is 9.42. The molecule has 0 saturated carbocycles. The summed E-state index contributed by atoms with van der Waals surface area (Å²) >= 11 is 0. The Balaban J connectivity index is 0.000000845. The van der Waals surface area contributed by atoms with Gasteiger partial charge in [-0.05, 0) is 35.4 Å². The maximum atomic E-state index is 9.42. The minimum Gasteiger partial charge on any atom is -0.508 e. The van der Waals surface area contributed by atoms with Crippen molar-refractivity contribution in [2.45, 2.75) is 6.92 Å². The van der Waals surface area contributed by atoms with Gasteiger partial charge in [-0.15, -0.1) is 0 Å². The Morgan fingerprint density at radius 2 is 1.54 bits per heavy atom. The van der Waals surface area contributed by atoms with E-state index in [1.165, 1.54) is 5.39 Å². The molecule has 0 fully saturated rings. The predicted octanol–water partition coefficient (Wildman–Crippen LogP) is 2.85. The first-order valence-electron chi connectivity index (χ1n) is 3.96. The number of phenolic OH excluding ortho intramolecular Hbond substituents is 1. The Bertz CT molecular complexity index is 383. The Labute approximate surface area is 89.3 Å². The molecule has 0 aliphatic rings. The standard InChI is InChI=1S/C11H10O.V/c1-8-6-9-4-2-3-5-10(9)7-11(8)12;/h2-7,12H,1H3;. The number of aromatic hydroxyl groups is 1. The van der Waals surface area contributed by atoms with Gasteiger partial charge in [0.05, 0.1) is 0 Å². The molecule has 0 amide bonds. The molecule has 2 aromatic rings.